The Labute approximate surface area is 87.6 Å². The van der Waals surface area contributed by atoms with Crippen LogP contribution in [0.5, 0.6) is 0 Å². The zero-order valence-corrected chi connectivity index (χ0v) is 8.24. The fourth-order valence-corrected chi connectivity index (χ4v) is 1.31. The maximum absolute atomic E-state index is 5.64. The van der Waals surface area contributed by atoms with E-state index in [4.69, 9.17) is 16.0 Å². The number of halogens is 1. The fourth-order valence-electron chi connectivity index (χ4n) is 1.16. The van der Waals surface area contributed by atoms with Crippen LogP contribution in [0.4, 0.5) is 0 Å². The van der Waals surface area contributed by atoms with Crippen molar-refractivity contribution in [2.45, 2.75) is 0 Å². The van der Waals surface area contributed by atoms with Gasteiger partial charge in [0.2, 0.25) is 0 Å². The molecule has 0 atom stereocenters. The van der Waals surface area contributed by atoms with E-state index in [1.54, 1.807) is 6.07 Å². The molecule has 0 radical (unpaired) electrons. The number of hydrogen-bond donors (Lipinski definition) is 0. The summed E-state index contributed by atoms with van der Waals surface area (Å²) < 4.78 is 5.18. The molecule has 1 aromatic heterocycles. The molecule has 2 aromatic rings. The van der Waals surface area contributed by atoms with Crippen molar-refractivity contribution in [3.8, 4) is 0 Å². The Kier molecular flexibility index (Phi) is 2.70. The van der Waals surface area contributed by atoms with Crippen molar-refractivity contribution >= 4 is 23.8 Å². The van der Waals surface area contributed by atoms with Gasteiger partial charge in [-0.05, 0) is 35.4 Å². The van der Waals surface area contributed by atoms with Gasteiger partial charge in [0.15, 0.2) is 5.22 Å². The summed E-state index contributed by atoms with van der Waals surface area (Å²) in [5, 5.41) is 0.415. The van der Waals surface area contributed by atoms with Crippen molar-refractivity contribution in [3.05, 3.63) is 59.0 Å². The van der Waals surface area contributed by atoms with Crippen LogP contribution in [0.2, 0.25) is 5.22 Å². The molecule has 0 aliphatic heterocycles. The first-order valence-corrected chi connectivity index (χ1v) is 4.71. The highest BCUT2D eigenvalue weighted by Crippen LogP contribution is 2.15. The molecule has 0 aliphatic rings. The van der Waals surface area contributed by atoms with E-state index in [1.165, 1.54) is 0 Å². The topological polar surface area (TPSA) is 13.1 Å². The van der Waals surface area contributed by atoms with Gasteiger partial charge in [0, 0.05) is 0 Å². The summed E-state index contributed by atoms with van der Waals surface area (Å²) in [6, 6.07) is 13.6. The van der Waals surface area contributed by atoms with E-state index in [-0.39, 0.29) is 0 Å². The largest absolute Gasteiger partial charge is 0.445 e. The normalized spacial score (nSPS) is 10.9. The lowest BCUT2D eigenvalue weighted by atomic mass is 10.2. The third-order valence-corrected chi connectivity index (χ3v) is 2.04. The summed E-state index contributed by atoms with van der Waals surface area (Å²) in [5.41, 5.74) is 1.14. The van der Waals surface area contributed by atoms with E-state index in [9.17, 15) is 0 Å². The predicted octanol–water partition coefficient (Wildman–Crippen LogP) is 4.10. The second kappa shape index (κ2) is 4.16. The van der Waals surface area contributed by atoms with E-state index in [1.807, 2.05) is 48.6 Å². The van der Waals surface area contributed by atoms with Crippen molar-refractivity contribution in [1.82, 2.24) is 0 Å². The summed E-state index contributed by atoms with van der Waals surface area (Å²) in [6.07, 6.45) is 3.87. The zero-order valence-electron chi connectivity index (χ0n) is 7.48. The Bertz CT molecular complexity index is 429. The molecule has 0 N–H and O–H groups in total. The number of hydrogen-bond acceptors (Lipinski definition) is 1. The lowest BCUT2D eigenvalue weighted by molar-refractivity contribution is 0.559. The lowest BCUT2D eigenvalue weighted by Gasteiger charge is -1.89. The quantitative estimate of drug-likeness (QED) is 0.718. The minimum atomic E-state index is 0.415. The molecule has 1 heterocycles. The first kappa shape index (κ1) is 9.10. The highest BCUT2D eigenvalue weighted by atomic mass is 35.5. The maximum atomic E-state index is 5.64. The van der Waals surface area contributed by atoms with Gasteiger partial charge in [-0.2, -0.15) is 0 Å². The molecule has 0 fully saturated rings. The van der Waals surface area contributed by atoms with Crippen LogP contribution in [0, 0.1) is 0 Å². The van der Waals surface area contributed by atoms with Gasteiger partial charge < -0.3 is 4.42 Å². The van der Waals surface area contributed by atoms with Crippen LogP contribution in [0.1, 0.15) is 11.3 Å². The first-order valence-electron chi connectivity index (χ1n) is 4.33. The molecule has 1 aromatic carbocycles. The van der Waals surface area contributed by atoms with E-state index >= 15 is 0 Å². The van der Waals surface area contributed by atoms with Crippen molar-refractivity contribution in [2.24, 2.45) is 0 Å². The number of furan rings is 1. The van der Waals surface area contributed by atoms with Crippen LogP contribution in [0.15, 0.2) is 46.9 Å². The Morgan fingerprint density at radius 3 is 2.36 bits per heavy atom. The van der Waals surface area contributed by atoms with Crippen molar-refractivity contribution < 1.29 is 4.42 Å². The van der Waals surface area contributed by atoms with E-state index in [0.717, 1.165) is 11.3 Å². The minimum Gasteiger partial charge on any atom is -0.445 e. The summed E-state index contributed by atoms with van der Waals surface area (Å²) >= 11 is 5.64. The molecule has 0 aliphatic carbocycles. The smallest absolute Gasteiger partial charge is 0.193 e. The molecular weight excluding hydrogens is 196 g/mol. The van der Waals surface area contributed by atoms with Gasteiger partial charge >= 0.3 is 0 Å². The standard InChI is InChI=1S/C12H9ClO/c13-12-9-8-11(14-12)7-6-10-4-2-1-3-5-10/h1-9H/b7-6+. The molecule has 0 unspecified atom stereocenters. The summed E-state index contributed by atoms with van der Waals surface area (Å²) in [7, 11) is 0. The summed E-state index contributed by atoms with van der Waals surface area (Å²) in [5.74, 6) is 0.763. The molecule has 0 saturated carbocycles. The van der Waals surface area contributed by atoms with Crippen LogP contribution in [-0.4, -0.2) is 0 Å². The van der Waals surface area contributed by atoms with Crippen LogP contribution < -0.4 is 0 Å². The van der Waals surface area contributed by atoms with Gasteiger partial charge in [0.1, 0.15) is 5.76 Å². The van der Waals surface area contributed by atoms with Gasteiger partial charge in [0.25, 0.3) is 0 Å². The van der Waals surface area contributed by atoms with E-state index in [2.05, 4.69) is 0 Å². The Morgan fingerprint density at radius 2 is 1.71 bits per heavy atom. The van der Waals surface area contributed by atoms with Gasteiger partial charge in [-0.1, -0.05) is 36.4 Å². The van der Waals surface area contributed by atoms with E-state index < -0.39 is 0 Å². The molecule has 2 heteroatoms. The van der Waals surface area contributed by atoms with Crippen molar-refractivity contribution in [3.63, 3.8) is 0 Å². The highest BCUT2D eigenvalue weighted by Gasteiger charge is 1.93. The molecule has 0 amide bonds. The van der Waals surface area contributed by atoms with Gasteiger partial charge in [0.05, 0.1) is 0 Å². The van der Waals surface area contributed by atoms with Gasteiger partial charge in [-0.25, -0.2) is 0 Å². The molecular formula is C12H9ClO. The third-order valence-electron chi connectivity index (χ3n) is 1.83. The van der Waals surface area contributed by atoms with E-state index in [0.29, 0.717) is 5.22 Å². The average molecular weight is 205 g/mol. The second-order valence-electron chi connectivity index (χ2n) is 2.89. The minimum absolute atomic E-state index is 0.415. The van der Waals surface area contributed by atoms with Gasteiger partial charge in [-0.15, -0.1) is 0 Å². The monoisotopic (exact) mass is 204 g/mol. The lowest BCUT2D eigenvalue weighted by Crippen LogP contribution is -1.67. The molecule has 0 saturated heterocycles. The molecule has 70 valence electrons. The van der Waals surface area contributed by atoms with Crippen LogP contribution in [0.3, 0.4) is 0 Å². The Balaban J connectivity index is 2.15. The first-order chi connectivity index (χ1) is 6.84. The second-order valence-corrected chi connectivity index (χ2v) is 3.26. The number of rotatable bonds is 2. The molecule has 0 bridgehead atoms. The zero-order chi connectivity index (χ0) is 9.80. The Hall–Kier alpha value is -1.47. The van der Waals surface area contributed by atoms with Crippen LogP contribution in [0.25, 0.3) is 12.2 Å². The van der Waals surface area contributed by atoms with Crippen LogP contribution >= 0.6 is 11.6 Å². The van der Waals surface area contributed by atoms with Gasteiger partial charge in [-0.3, -0.25) is 0 Å². The summed E-state index contributed by atoms with van der Waals surface area (Å²) in [6.45, 7) is 0. The molecule has 14 heavy (non-hydrogen) atoms. The maximum Gasteiger partial charge on any atom is 0.193 e. The average Bonchev–Trinajstić information content (AvgIpc) is 2.63. The highest BCUT2D eigenvalue weighted by molar-refractivity contribution is 6.28. The molecule has 0 spiro atoms. The van der Waals surface area contributed by atoms with Crippen LogP contribution in [-0.2, 0) is 0 Å². The predicted molar refractivity (Wildman–Crippen MR) is 59.1 cm³/mol. The molecule has 1 nitrogen and oxygen atoms in total. The third kappa shape index (κ3) is 2.27. The SMILES string of the molecule is Clc1ccc(/C=C/c2ccccc2)o1. The molecule has 2 rings (SSSR count). The summed E-state index contributed by atoms with van der Waals surface area (Å²) in [4.78, 5) is 0. The van der Waals surface area contributed by atoms with Crippen molar-refractivity contribution in [1.29, 1.82) is 0 Å². The number of benzene rings is 1. The Morgan fingerprint density at radius 1 is 0.929 bits per heavy atom. The fraction of sp³-hybridized carbons (Fsp3) is 0. The van der Waals surface area contributed by atoms with Crippen molar-refractivity contribution in [2.75, 3.05) is 0 Å².